The first-order valence-corrected chi connectivity index (χ1v) is 16.5. The number of anilines is 1. The van der Waals surface area contributed by atoms with Crippen LogP contribution in [-0.2, 0) is 21.9 Å². The van der Waals surface area contributed by atoms with E-state index in [1.54, 1.807) is 27.8 Å². The van der Waals surface area contributed by atoms with Gasteiger partial charge in [-0.25, -0.2) is 4.90 Å². The summed E-state index contributed by atoms with van der Waals surface area (Å²) in [5, 5.41) is 0. The Hall–Kier alpha value is -5.00. The quantitative estimate of drug-likeness (QED) is 0.118. The minimum Gasteiger partial charge on any atom is -0.337 e. The lowest BCUT2D eigenvalue weighted by atomic mass is 9.90. The number of hydrogen-bond donors (Lipinski definition) is 0. The second-order valence-electron chi connectivity index (χ2n) is 13.7. The second-order valence-corrected chi connectivity index (χ2v) is 13.7. The summed E-state index contributed by atoms with van der Waals surface area (Å²) >= 11 is 0. The van der Waals surface area contributed by atoms with Crippen LogP contribution < -0.4 is 4.90 Å². The third-order valence-electron chi connectivity index (χ3n) is 8.58. The SMILES string of the molecule is C/C=C\CC(=O)N(C(=O)C(C)/C=C/c1ccc(C=O)c(C(=O)N(C)C(C)(C)C)c1)c1ccc(-c2ccc(C(C)C)cc2C(F)(F)F)c(C(F)(F)F)c1. The summed E-state index contributed by atoms with van der Waals surface area (Å²) in [6, 6.07) is 9.97. The Morgan fingerprint density at radius 1 is 0.808 bits per heavy atom. The standard InChI is InChI=1S/C40H42F6N2O4/c1-9-10-11-35(50)48(36(51)25(4)12-13-26-14-15-28(23-49)32(20-26)37(52)47(8)38(5,6)7)29-17-19-31(34(22-29)40(44,45)46)30-18-16-27(24(2)3)21-33(30)39(41,42)43/h9-10,12-25H,11H2,1-8H3/b10-9-,13-12+. The highest BCUT2D eigenvalue weighted by Gasteiger charge is 2.40. The number of hydrogen-bond acceptors (Lipinski definition) is 4. The van der Waals surface area contributed by atoms with Crippen molar-refractivity contribution in [3.63, 3.8) is 0 Å². The number of carbonyl (C=O) groups excluding carboxylic acids is 4. The van der Waals surface area contributed by atoms with E-state index in [0.717, 1.165) is 24.3 Å². The number of carbonyl (C=O) groups is 4. The molecule has 0 N–H and O–H groups in total. The lowest BCUT2D eigenvalue weighted by Gasteiger charge is -2.32. The van der Waals surface area contributed by atoms with Crippen molar-refractivity contribution in [1.82, 2.24) is 4.90 Å². The van der Waals surface area contributed by atoms with Crippen LogP contribution in [0.1, 0.15) is 104 Å². The average molecular weight is 729 g/mol. The molecule has 0 aliphatic rings. The molecular formula is C40H42F6N2O4. The second kappa shape index (κ2) is 16.1. The summed E-state index contributed by atoms with van der Waals surface area (Å²) in [5.74, 6) is -3.62. The van der Waals surface area contributed by atoms with Gasteiger partial charge in [-0.05, 0) is 80.1 Å². The van der Waals surface area contributed by atoms with Gasteiger partial charge in [0.2, 0.25) is 11.8 Å². The molecule has 0 aliphatic carbocycles. The number of amides is 3. The number of rotatable bonds is 10. The van der Waals surface area contributed by atoms with Gasteiger partial charge in [-0.1, -0.05) is 75.4 Å². The zero-order valence-electron chi connectivity index (χ0n) is 30.2. The lowest BCUT2D eigenvalue weighted by molar-refractivity contribution is -0.139. The Bertz CT molecular complexity index is 1880. The molecule has 1 atom stereocenters. The van der Waals surface area contributed by atoms with E-state index in [1.807, 2.05) is 20.8 Å². The van der Waals surface area contributed by atoms with Gasteiger partial charge in [-0.3, -0.25) is 19.2 Å². The third kappa shape index (κ3) is 9.65. The topological polar surface area (TPSA) is 74.8 Å². The molecule has 52 heavy (non-hydrogen) atoms. The van der Waals surface area contributed by atoms with Crippen molar-refractivity contribution in [2.75, 3.05) is 11.9 Å². The van der Waals surface area contributed by atoms with Crippen molar-refractivity contribution >= 4 is 35.8 Å². The molecule has 3 rings (SSSR count). The number of benzene rings is 3. The normalized spacial score (nSPS) is 13.1. The monoisotopic (exact) mass is 728 g/mol. The maximum absolute atomic E-state index is 14.6. The Labute approximate surface area is 299 Å². The van der Waals surface area contributed by atoms with Crippen LogP contribution >= 0.6 is 0 Å². The molecule has 0 saturated heterocycles. The van der Waals surface area contributed by atoms with Crippen LogP contribution in [0.4, 0.5) is 32.0 Å². The predicted molar refractivity (Wildman–Crippen MR) is 190 cm³/mol. The van der Waals surface area contributed by atoms with Gasteiger partial charge in [0.05, 0.1) is 28.3 Å². The smallest absolute Gasteiger partial charge is 0.337 e. The van der Waals surface area contributed by atoms with E-state index in [1.165, 1.54) is 60.4 Å². The Morgan fingerprint density at radius 3 is 1.90 bits per heavy atom. The minimum atomic E-state index is -5.17. The summed E-state index contributed by atoms with van der Waals surface area (Å²) in [4.78, 5) is 54.2. The predicted octanol–water partition coefficient (Wildman–Crippen LogP) is 10.4. The molecule has 0 saturated carbocycles. The Balaban J connectivity index is 2.13. The van der Waals surface area contributed by atoms with E-state index in [9.17, 15) is 45.5 Å². The number of imide groups is 1. The molecule has 0 fully saturated rings. The van der Waals surface area contributed by atoms with Crippen LogP contribution in [0.5, 0.6) is 0 Å². The lowest BCUT2D eigenvalue weighted by Crippen LogP contribution is -2.42. The maximum atomic E-state index is 14.6. The molecule has 12 heteroatoms. The van der Waals surface area contributed by atoms with Gasteiger partial charge in [0, 0.05) is 24.6 Å². The van der Waals surface area contributed by atoms with Crippen LogP contribution in [0, 0.1) is 5.92 Å². The third-order valence-corrected chi connectivity index (χ3v) is 8.58. The Morgan fingerprint density at radius 2 is 1.38 bits per heavy atom. The van der Waals surface area contributed by atoms with Crippen molar-refractivity contribution < 1.29 is 45.5 Å². The molecule has 0 bridgehead atoms. The van der Waals surface area contributed by atoms with Crippen LogP contribution in [0.15, 0.2) is 72.8 Å². The van der Waals surface area contributed by atoms with E-state index in [0.29, 0.717) is 22.8 Å². The molecule has 0 aliphatic heterocycles. The molecule has 0 radical (unpaired) electrons. The highest BCUT2D eigenvalue weighted by atomic mass is 19.4. The molecule has 1 unspecified atom stereocenters. The largest absolute Gasteiger partial charge is 0.417 e. The summed E-state index contributed by atoms with van der Waals surface area (Å²) in [6.45, 7) is 11.8. The van der Waals surface area contributed by atoms with Crippen molar-refractivity contribution in [2.24, 2.45) is 5.92 Å². The van der Waals surface area contributed by atoms with Gasteiger partial charge < -0.3 is 4.90 Å². The van der Waals surface area contributed by atoms with Crippen molar-refractivity contribution in [3.05, 3.63) is 106 Å². The summed E-state index contributed by atoms with van der Waals surface area (Å²) < 4.78 is 86.4. The number of alkyl halides is 6. The first-order valence-electron chi connectivity index (χ1n) is 16.5. The molecule has 3 aromatic rings. The maximum Gasteiger partial charge on any atom is 0.417 e. The zero-order valence-corrected chi connectivity index (χ0v) is 30.2. The van der Waals surface area contributed by atoms with E-state index in [-0.39, 0.29) is 29.0 Å². The van der Waals surface area contributed by atoms with E-state index >= 15 is 0 Å². The highest BCUT2D eigenvalue weighted by molar-refractivity contribution is 6.16. The van der Waals surface area contributed by atoms with Gasteiger partial charge in [-0.15, -0.1) is 0 Å². The first kappa shape index (κ1) is 41.4. The van der Waals surface area contributed by atoms with Gasteiger partial charge in [-0.2, -0.15) is 26.3 Å². The fraction of sp³-hybridized carbons (Fsp3) is 0.350. The molecule has 0 heterocycles. The molecule has 3 amide bonds. The van der Waals surface area contributed by atoms with Gasteiger partial charge in [0.25, 0.3) is 5.91 Å². The molecule has 0 spiro atoms. The van der Waals surface area contributed by atoms with Crippen LogP contribution in [0.2, 0.25) is 0 Å². The van der Waals surface area contributed by atoms with Gasteiger partial charge in [0.15, 0.2) is 6.29 Å². The number of halogens is 6. The van der Waals surface area contributed by atoms with Crippen LogP contribution in [0.25, 0.3) is 17.2 Å². The zero-order chi connectivity index (χ0) is 39.3. The highest BCUT2D eigenvalue weighted by Crippen LogP contribution is 2.45. The van der Waals surface area contributed by atoms with E-state index in [4.69, 9.17) is 0 Å². The number of nitrogens with zero attached hydrogens (tertiary/aromatic N) is 2. The van der Waals surface area contributed by atoms with Crippen LogP contribution in [0.3, 0.4) is 0 Å². The van der Waals surface area contributed by atoms with E-state index < -0.39 is 69.5 Å². The Kier molecular flexibility index (Phi) is 12.8. The number of aldehydes is 1. The summed E-state index contributed by atoms with van der Waals surface area (Å²) in [7, 11) is 1.59. The van der Waals surface area contributed by atoms with Crippen molar-refractivity contribution in [1.29, 1.82) is 0 Å². The molecule has 3 aromatic carbocycles. The van der Waals surface area contributed by atoms with Gasteiger partial charge in [0.1, 0.15) is 0 Å². The minimum absolute atomic E-state index is 0.115. The molecular weight excluding hydrogens is 686 g/mol. The van der Waals surface area contributed by atoms with Crippen molar-refractivity contribution in [3.8, 4) is 11.1 Å². The van der Waals surface area contributed by atoms with E-state index in [2.05, 4.69) is 0 Å². The first-order chi connectivity index (χ1) is 24.0. The van der Waals surface area contributed by atoms with Crippen molar-refractivity contribution in [2.45, 2.75) is 78.7 Å². The summed E-state index contributed by atoms with van der Waals surface area (Å²) in [5.41, 5.74) is -4.23. The van der Waals surface area contributed by atoms with Crippen LogP contribution in [-0.4, -0.2) is 41.5 Å². The molecule has 278 valence electrons. The summed E-state index contributed by atoms with van der Waals surface area (Å²) in [6.07, 6.45) is -4.15. The average Bonchev–Trinajstić information content (AvgIpc) is 3.07. The fourth-order valence-electron chi connectivity index (χ4n) is 5.23. The van der Waals surface area contributed by atoms with Gasteiger partial charge >= 0.3 is 12.4 Å². The number of allylic oxidation sites excluding steroid dienone is 1. The molecule has 0 aromatic heterocycles. The molecule has 6 nitrogen and oxygen atoms in total. The fourth-order valence-corrected chi connectivity index (χ4v) is 5.23.